The maximum Gasteiger partial charge on any atom is 0.0421 e. The van der Waals surface area contributed by atoms with Crippen LogP contribution in [-0.4, -0.2) is 0 Å². The van der Waals surface area contributed by atoms with Crippen LogP contribution in [0.15, 0.2) is 42.5 Å². The van der Waals surface area contributed by atoms with Crippen molar-refractivity contribution in [3.8, 4) is 0 Å². The van der Waals surface area contributed by atoms with Crippen molar-refractivity contribution >= 4 is 11.4 Å². The maximum absolute atomic E-state index is 5.90. The standard InChI is InChI=1S/C15H18N2/c1-11-7-8-14(9-12(11)2)17-10-13-5-3-4-6-15(13)16/h3-9,17H,10,16H2,1-2H3. The Kier molecular flexibility index (Phi) is 3.33. The van der Waals surface area contributed by atoms with E-state index in [0.717, 1.165) is 23.5 Å². The minimum absolute atomic E-state index is 0.759. The van der Waals surface area contributed by atoms with Crippen LogP contribution in [0, 0.1) is 13.8 Å². The normalized spacial score (nSPS) is 10.2. The third-order valence-corrected chi connectivity index (χ3v) is 3.04. The molecule has 2 aromatic rings. The Balaban J connectivity index is 2.08. The third-order valence-electron chi connectivity index (χ3n) is 3.04. The van der Waals surface area contributed by atoms with Crippen molar-refractivity contribution in [1.82, 2.24) is 0 Å². The van der Waals surface area contributed by atoms with Gasteiger partial charge in [0.1, 0.15) is 0 Å². The summed E-state index contributed by atoms with van der Waals surface area (Å²) in [6.07, 6.45) is 0. The molecule has 88 valence electrons. The average molecular weight is 226 g/mol. The molecule has 0 unspecified atom stereocenters. The Morgan fingerprint density at radius 2 is 1.76 bits per heavy atom. The molecular weight excluding hydrogens is 208 g/mol. The lowest BCUT2D eigenvalue weighted by Gasteiger charge is -2.10. The summed E-state index contributed by atoms with van der Waals surface area (Å²) in [5, 5.41) is 3.39. The van der Waals surface area contributed by atoms with E-state index < -0.39 is 0 Å². The predicted octanol–water partition coefficient (Wildman–Crippen LogP) is 3.50. The molecule has 0 heterocycles. The van der Waals surface area contributed by atoms with Crippen molar-refractivity contribution in [2.75, 3.05) is 11.1 Å². The van der Waals surface area contributed by atoms with Gasteiger partial charge in [-0.3, -0.25) is 0 Å². The summed E-state index contributed by atoms with van der Waals surface area (Å²) in [6.45, 7) is 5.00. The van der Waals surface area contributed by atoms with Gasteiger partial charge in [0.25, 0.3) is 0 Å². The van der Waals surface area contributed by atoms with Crippen molar-refractivity contribution in [3.05, 3.63) is 59.2 Å². The zero-order valence-electron chi connectivity index (χ0n) is 10.3. The van der Waals surface area contributed by atoms with Gasteiger partial charge in [-0.05, 0) is 48.7 Å². The van der Waals surface area contributed by atoms with Gasteiger partial charge in [-0.2, -0.15) is 0 Å². The van der Waals surface area contributed by atoms with Gasteiger partial charge in [-0.15, -0.1) is 0 Å². The number of para-hydroxylation sites is 1. The number of nitrogens with two attached hydrogens (primary N) is 1. The van der Waals surface area contributed by atoms with E-state index in [1.54, 1.807) is 0 Å². The monoisotopic (exact) mass is 226 g/mol. The highest BCUT2D eigenvalue weighted by Crippen LogP contribution is 2.17. The van der Waals surface area contributed by atoms with E-state index >= 15 is 0 Å². The molecule has 2 heteroatoms. The highest BCUT2D eigenvalue weighted by Gasteiger charge is 1.99. The SMILES string of the molecule is Cc1ccc(NCc2ccccc2N)cc1C. The van der Waals surface area contributed by atoms with Crippen LogP contribution in [0.4, 0.5) is 11.4 Å². The molecular formula is C15H18N2. The van der Waals surface area contributed by atoms with E-state index in [2.05, 4.69) is 37.4 Å². The van der Waals surface area contributed by atoms with Crippen LogP contribution in [-0.2, 0) is 6.54 Å². The second-order valence-corrected chi connectivity index (χ2v) is 4.35. The summed E-state index contributed by atoms with van der Waals surface area (Å²) in [7, 11) is 0. The largest absolute Gasteiger partial charge is 0.398 e. The highest BCUT2D eigenvalue weighted by molar-refractivity contribution is 5.52. The van der Waals surface area contributed by atoms with Crippen molar-refractivity contribution in [1.29, 1.82) is 0 Å². The summed E-state index contributed by atoms with van der Waals surface area (Å²) in [5.41, 5.74) is 11.6. The molecule has 0 aliphatic heterocycles. The number of aryl methyl sites for hydroxylation is 2. The van der Waals surface area contributed by atoms with Gasteiger partial charge in [0, 0.05) is 17.9 Å². The van der Waals surface area contributed by atoms with E-state index in [9.17, 15) is 0 Å². The molecule has 0 aromatic heterocycles. The first-order valence-corrected chi connectivity index (χ1v) is 5.81. The van der Waals surface area contributed by atoms with Gasteiger partial charge in [0.2, 0.25) is 0 Å². The van der Waals surface area contributed by atoms with E-state index in [-0.39, 0.29) is 0 Å². The number of nitrogens with one attached hydrogen (secondary N) is 1. The van der Waals surface area contributed by atoms with Gasteiger partial charge < -0.3 is 11.1 Å². The lowest BCUT2D eigenvalue weighted by molar-refractivity contribution is 1.15. The van der Waals surface area contributed by atoms with Crippen molar-refractivity contribution < 1.29 is 0 Å². The fourth-order valence-electron chi connectivity index (χ4n) is 1.74. The van der Waals surface area contributed by atoms with Crippen LogP contribution in [0.1, 0.15) is 16.7 Å². The third kappa shape index (κ3) is 2.78. The van der Waals surface area contributed by atoms with Crippen LogP contribution in [0.25, 0.3) is 0 Å². The van der Waals surface area contributed by atoms with Crippen LogP contribution in [0.5, 0.6) is 0 Å². The first-order valence-electron chi connectivity index (χ1n) is 5.81. The number of rotatable bonds is 3. The zero-order chi connectivity index (χ0) is 12.3. The fourth-order valence-corrected chi connectivity index (χ4v) is 1.74. The Morgan fingerprint density at radius 3 is 2.47 bits per heavy atom. The van der Waals surface area contributed by atoms with Crippen molar-refractivity contribution in [3.63, 3.8) is 0 Å². The van der Waals surface area contributed by atoms with Gasteiger partial charge in [0.15, 0.2) is 0 Å². The van der Waals surface area contributed by atoms with E-state index in [1.165, 1.54) is 11.1 Å². The van der Waals surface area contributed by atoms with E-state index in [0.29, 0.717) is 0 Å². The Hall–Kier alpha value is -1.96. The summed E-state index contributed by atoms with van der Waals surface area (Å²) >= 11 is 0. The number of hydrogen-bond acceptors (Lipinski definition) is 2. The summed E-state index contributed by atoms with van der Waals surface area (Å²) in [4.78, 5) is 0. The second kappa shape index (κ2) is 4.91. The van der Waals surface area contributed by atoms with Crippen molar-refractivity contribution in [2.24, 2.45) is 0 Å². The lowest BCUT2D eigenvalue weighted by Crippen LogP contribution is -2.02. The zero-order valence-corrected chi connectivity index (χ0v) is 10.3. The molecule has 0 saturated heterocycles. The molecule has 0 saturated carbocycles. The number of anilines is 2. The molecule has 0 fully saturated rings. The van der Waals surface area contributed by atoms with Gasteiger partial charge in [0.05, 0.1) is 0 Å². The van der Waals surface area contributed by atoms with E-state index in [4.69, 9.17) is 5.73 Å². The summed E-state index contributed by atoms with van der Waals surface area (Å²) in [5.74, 6) is 0. The highest BCUT2D eigenvalue weighted by atomic mass is 14.9. The Morgan fingerprint density at radius 1 is 1.00 bits per heavy atom. The molecule has 0 radical (unpaired) electrons. The van der Waals surface area contributed by atoms with Crippen LogP contribution < -0.4 is 11.1 Å². The summed E-state index contributed by atoms with van der Waals surface area (Å²) in [6, 6.07) is 14.3. The van der Waals surface area contributed by atoms with Crippen molar-refractivity contribution in [2.45, 2.75) is 20.4 Å². The molecule has 0 amide bonds. The smallest absolute Gasteiger partial charge is 0.0421 e. The first kappa shape index (κ1) is 11.5. The minimum Gasteiger partial charge on any atom is -0.398 e. The molecule has 0 spiro atoms. The molecule has 0 aliphatic carbocycles. The molecule has 0 atom stereocenters. The fraction of sp³-hybridized carbons (Fsp3) is 0.200. The molecule has 2 aromatic carbocycles. The lowest BCUT2D eigenvalue weighted by atomic mass is 10.1. The molecule has 0 aliphatic rings. The molecule has 17 heavy (non-hydrogen) atoms. The van der Waals surface area contributed by atoms with Crippen LogP contribution in [0.2, 0.25) is 0 Å². The minimum atomic E-state index is 0.759. The van der Waals surface area contributed by atoms with Gasteiger partial charge >= 0.3 is 0 Å². The number of hydrogen-bond donors (Lipinski definition) is 2. The average Bonchev–Trinajstić information content (AvgIpc) is 2.32. The Bertz CT molecular complexity index is 518. The maximum atomic E-state index is 5.90. The number of benzene rings is 2. The first-order chi connectivity index (χ1) is 8.16. The van der Waals surface area contributed by atoms with Crippen LogP contribution >= 0.6 is 0 Å². The Labute approximate surface area is 102 Å². The predicted molar refractivity (Wildman–Crippen MR) is 74.1 cm³/mol. The van der Waals surface area contributed by atoms with Gasteiger partial charge in [-0.25, -0.2) is 0 Å². The molecule has 3 N–H and O–H groups in total. The van der Waals surface area contributed by atoms with E-state index in [1.807, 2.05) is 24.3 Å². The second-order valence-electron chi connectivity index (χ2n) is 4.35. The molecule has 2 nitrogen and oxygen atoms in total. The number of nitrogen functional groups attached to an aromatic ring is 1. The van der Waals surface area contributed by atoms with Crippen LogP contribution in [0.3, 0.4) is 0 Å². The quantitative estimate of drug-likeness (QED) is 0.786. The molecule has 2 rings (SSSR count). The van der Waals surface area contributed by atoms with Gasteiger partial charge in [-0.1, -0.05) is 24.3 Å². The topological polar surface area (TPSA) is 38.0 Å². The molecule has 0 bridgehead atoms. The summed E-state index contributed by atoms with van der Waals surface area (Å²) < 4.78 is 0.